The van der Waals surface area contributed by atoms with Gasteiger partial charge in [0.2, 0.25) is 0 Å². The minimum absolute atomic E-state index is 0.323. The van der Waals surface area contributed by atoms with Crippen LogP contribution in [0.2, 0.25) is 0 Å². The molecule has 5 heteroatoms. The number of hydrogen-bond acceptors (Lipinski definition) is 3. The fraction of sp³-hybridized carbons (Fsp3) is 0.200. The first kappa shape index (κ1) is 11.0. The second-order valence-electron chi connectivity index (χ2n) is 2.74. The fourth-order valence-electron chi connectivity index (χ4n) is 1.06. The van der Waals surface area contributed by atoms with Crippen LogP contribution in [0.3, 0.4) is 0 Å². The largest absolute Gasteiger partial charge is 0.465 e. The van der Waals surface area contributed by atoms with Gasteiger partial charge in [-0.2, -0.15) is 0 Å². The number of methoxy groups -OCH3 is 1. The molecule has 2 amide bonds. The maximum Gasteiger partial charge on any atom is 0.339 e. The van der Waals surface area contributed by atoms with Crippen molar-refractivity contribution < 1.29 is 14.3 Å². The lowest BCUT2D eigenvalue weighted by atomic mass is 10.2. The molecule has 0 aliphatic rings. The van der Waals surface area contributed by atoms with Crippen LogP contribution in [0, 0.1) is 0 Å². The summed E-state index contributed by atoms with van der Waals surface area (Å²) in [6, 6.07) is 6.24. The normalized spacial score (nSPS) is 9.20. The van der Waals surface area contributed by atoms with Crippen LogP contribution >= 0.6 is 0 Å². The number of hydrogen-bond donors (Lipinski definition) is 2. The predicted molar refractivity (Wildman–Crippen MR) is 55.9 cm³/mol. The summed E-state index contributed by atoms with van der Waals surface area (Å²) in [4.78, 5) is 22.4. The fourth-order valence-corrected chi connectivity index (χ4v) is 1.06. The van der Waals surface area contributed by atoms with E-state index in [1.165, 1.54) is 14.2 Å². The highest BCUT2D eigenvalue weighted by Gasteiger charge is 2.11. The molecule has 1 aromatic carbocycles. The Hall–Kier alpha value is -2.04. The molecule has 5 nitrogen and oxygen atoms in total. The van der Waals surface area contributed by atoms with Crippen LogP contribution in [0.4, 0.5) is 10.5 Å². The van der Waals surface area contributed by atoms with Gasteiger partial charge in [0.05, 0.1) is 18.4 Å². The monoisotopic (exact) mass is 208 g/mol. The molecular formula is C10H12N2O3. The topological polar surface area (TPSA) is 67.4 Å². The van der Waals surface area contributed by atoms with Crippen molar-refractivity contribution in [3.05, 3.63) is 29.8 Å². The second-order valence-corrected chi connectivity index (χ2v) is 2.74. The van der Waals surface area contributed by atoms with E-state index in [1.54, 1.807) is 24.3 Å². The lowest BCUT2D eigenvalue weighted by molar-refractivity contribution is 0.0602. The Morgan fingerprint density at radius 3 is 2.53 bits per heavy atom. The van der Waals surface area contributed by atoms with Crippen LogP contribution < -0.4 is 10.6 Å². The average Bonchev–Trinajstić information content (AvgIpc) is 2.28. The standard InChI is InChI=1S/C10H12N2O3/c1-11-10(14)12-8-6-4-3-5-7(8)9(13)15-2/h3-6H,1-2H3,(H2,11,12,14). The zero-order valence-corrected chi connectivity index (χ0v) is 8.53. The van der Waals surface area contributed by atoms with E-state index < -0.39 is 5.97 Å². The highest BCUT2D eigenvalue weighted by Crippen LogP contribution is 2.15. The number of anilines is 1. The number of amides is 2. The third kappa shape index (κ3) is 2.70. The summed E-state index contributed by atoms with van der Waals surface area (Å²) in [6.07, 6.45) is 0. The molecule has 0 aliphatic heterocycles. The molecule has 0 heterocycles. The van der Waals surface area contributed by atoms with E-state index in [1.807, 2.05) is 0 Å². The van der Waals surface area contributed by atoms with Gasteiger partial charge in [0.1, 0.15) is 0 Å². The molecule has 1 aromatic rings. The Morgan fingerprint density at radius 2 is 1.93 bits per heavy atom. The molecule has 0 radical (unpaired) electrons. The average molecular weight is 208 g/mol. The number of carbonyl (C=O) groups excluding carboxylic acids is 2. The zero-order chi connectivity index (χ0) is 11.3. The van der Waals surface area contributed by atoms with E-state index in [0.717, 1.165) is 0 Å². The molecule has 15 heavy (non-hydrogen) atoms. The maximum atomic E-state index is 11.3. The summed E-state index contributed by atoms with van der Waals surface area (Å²) in [6.45, 7) is 0. The number of esters is 1. The molecule has 0 aromatic heterocycles. The van der Waals surface area contributed by atoms with Crippen molar-refractivity contribution in [1.82, 2.24) is 5.32 Å². The lowest BCUT2D eigenvalue weighted by Crippen LogP contribution is -2.25. The third-order valence-electron chi connectivity index (χ3n) is 1.81. The molecule has 0 aliphatic carbocycles. The van der Waals surface area contributed by atoms with Crippen molar-refractivity contribution in [2.24, 2.45) is 0 Å². The first-order chi connectivity index (χ1) is 7.19. The first-order valence-corrected chi connectivity index (χ1v) is 4.35. The van der Waals surface area contributed by atoms with Gasteiger partial charge < -0.3 is 15.4 Å². The molecule has 80 valence electrons. The van der Waals surface area contributed by atoms with Gasteiger partial charge in [-0.25, -0.2) is 9.59 Å². The number of para-hydroxylation sites is 1. The molecule has 0 unspecified atom stereocenters. The third-order valence-corrected chi connectivity index (χ3v) is 1.81. The SMILES string of the molecule is CNC(=O)Nc1ccccc1C(=O)OC. The van der Waals surface area contributed by atoms with E-state index in [0.29, 0.717) is 11.3 Å². The molecule has 0 saturated heterocycles. The minimum Gasteiger partial charge on any atom is -0.465 e. The number of urea groups is 1. The van der Waals surface area contributed by atoms with Crippen molar-refractivity contribution in [2.45, 2.75) is 0 Å². The van der Waals surface area contributed by atoms with Crippen LogP contribution in [0.15, 0.2) is 24.3 Å². The molecule has 0 spiro atoms. The van der Waals surface area contributed by atoms with E-state index in [-0.39, 0.29) is 6.03 Å². The number of carbonyl (C=O) groups is 2. The van der Waals surface area contributed by atoms with Gasteiger partial charge in [-0.15, -0.1) is 0 Å². The van der Waals surface area contributed by atoms with E-state index in [9.17, 15) is 9.59 Å². The Bertz CT molecular complexity index is 377. The van der Waals surface area contributed by atoms with Gasteiger partial charge in [-0.1, -0.05) is 12.1 Å². The van der Waals surface area contributed by atoms with E-state index >= 15 is 0 Å². The van der Waals surface area contributed by atoms with E-state index in [4.69, 9.17) is 0 Å². The van der Waals surface area contributed by atoms with Gasteiger partial charge in [0.25, 0.3) is 0 Å². The van der Waals surface area contributed by atoms with Gasteiger partial charge in [-0.3, -0.25) is 0 Å². The molecular weight excluding hydrogens is 196 g/mol. The van der Waals surface area contributed by atoms with Crippen LogP contribution in [-0.2, 0) is 4.74 Å². The summed E-state index contributed by atoms with van der Waals surface area (Å²) in [5.74, 6) is -0.484. The minimum atomic E-state index is -0.484. The summed E-state index contributed by atoms with van der Waals surface area (Å²) < 4.78 is 4.58. The molecule has 0 fully saturated rings. The molecule has 2 N–H and O–H groups in total. The summed E-state index contributed by atoms with van der Waals surface area (Å²) in [5.41, 5.74) is 0.743. The van der Waals surface area contributed by atoms with Crippen LogP contribution in [0.5, 0.6) is 0 Å². The van der Waals surface area contributed by atoms with Crippen molar-refractivity contribution in [3.63, 3.8) is 0 Å². The molecule has 0 atom stereocenters. The summed E-state index contributed by atoms with van der Waals surface area (Å²) in [5, 5.41) is 4.92. The second kappa shape index (κ2) is 4.99. The van der Waals surface area contributed by atoms with Crippen molar-refractivity contribution in [2.75, 3.05) is 19.5 Å². The van der Waals surface area contributed by atoms with Gasteiger partial charge >= 0.3 is 12.0 Å². The molecule has 0 bridgehead atoms. The smallest absolute Gasteiger partial charge is 0.339 e. The summed E-state index contributed by atoms with van der Waals surface area (Å²) in [7, 11) is 2.79. The number of rotatable bonds is 2. The van der Waals surface area contributed by atoms with Gasteiger partial charge in [-0.05, 0) is 12.1 Å². The summed E-state index contributed by atoms with van der Waals surface area (Å²) >= 11 is 0. The first-order valence-electron chi connectivity index (χ1n) is 4.35. The van der Waals surface area contributed by atoms with E-state index in [2.05, 4.69) is 15.4 Å². The highest BCUT2D eigenvalue weighted by atomic mass is 16.5. The van der Waals surface area contributed by atoms with Crippen LogP contribution in [-0.4, -0.2) is 26.2 Å². The van der Waals surface area contributed by atoms with Crippen LogP contribution in [0.1, 0.15) is 10.4 Å². The van der Waals surface area contributed by atoms with Crippen molar-refractivity contribution >= 4 is 17.7 Å². The van der Waals surface area contributed by atoms with Crippen LogP contribution in [0.25, 0.3) is 0 Å². The number of benzene rings is 1. The van der Waals surface area contributed by atoms with Crippen molar-refractivity contribution in [3.8, 4) is 0 Å². The lowest BCUT2D eigenvalue weighted by Gasteiger charge is -2.08. The Kier molecular flexibility index (Phi) is 3.68. The van der Waals surface area contributed by atoms with Gasteiger partial charge in [0, 0.05) is 7.05 Å². The molecule has 1 rings (SSSR count). The number of ether oxygens (including phenoxy) is 1. The Morgan fingerprint density at radius 1 is 1.27 bits per heavy atom. The zero-order valence-electron chi connectivity index (χ0n) is 8.53. The Labute approximate surface area is 87.4 Å². The highest BCUT2D eigenvalue weighted by molar-refractivity contribution is 6.00. The van der Waals surface area contributed by atoms with Gasteiger partial charge in [0.15, 0.2) is 0 Å². The Balaban J connectivity index is 2.96. The molecule has 0 saturated carbocycles. The maximum absolute atomic E-state index is 11.3. The van der Waals surface area contributed by atoms with Crippen molar-refractivity contribution in [1.29, 1.82) is 0 Å². The quantitative estimate of drug-likeness (QED) is 0.718. The predicted octanol–water partition coefficient (Wildman–Crippen LogP) is 1.22. The number of nitrogens with one attached hydrogen (secondary N) is 2.